The summed E-state index contributed by atoms with van der Waals surface area (Å²) in [4.78, 5) is 51.5. The van der Waals surface area contributed by atoms with Crippen LogP contribution in [0.5, 0.6) is 0 Å². The zero-order valence-electron chi connectivity index (χ0n) is 18.3. The van der Waals surface area contributed by atoms with Crippen LogP contribution in [0, 0.1) is 33.8 Å². The first-order chi connectivity index (χ1) is 16.4. The van der Waals surface area contributed by atoms with Gasteiger partial charge in [-0.05, 0) is 36.3 Å². The zero-order valence-corrected chi connectivity index (χ0v) is 18.3. The second-order valence-electron chi connectivity index (χ2n) is 9.00. The normalized spacial score (nSPS) is 25.7. The van der Waals surface area contributed by atoms with Gasteiger partial charge in [0.1, 0.15) is 6.17 Å². The molecule has 2 N–H and O–H groups in total. The molecule has 4 amide bonds. The lowest BCUT2D eigenvalue weighted by Gasteiger charge is -2.38. The Morgan fingerprint density at radius 3 is 2.24 bits per heavy atom. The molecule has 4 aliphatic rings. The summed E-state index contributed by atoms with van der Waals surface area (Å²) in [5.74, 6) is -1.15. The molecule has 174 valence electrons. The maximum absolute atomic E-state index is 13.5. The summed E-state index contributed by atoms with van der Waals surface area (Å²) in [6.45, 7) is 0. The molecular weight excluding hydrogens is 436 g/mol. The average molecular weight is 460 g/mol. The van der Waals surface area contributed by atoms with Crippen LogP contribution >= 0.6 is 0 Å². The monoisotopic (exact) mass is 460 g/mol. The number of nitro benzene ring substituents is 1. The number of carbonyl (C=O) groups excluding carboxylic acids is 3. The number of amides is 4. The fraction of sp³-hybridized carbons (Fsp3) is 0.320. The maximum atomic E-state index is 13.5. The van der Waals surface area contributed by atoms with E-state index < -0.39 is 17.1 Å². The Morgan fingerprint density at radius 1 is 1.00 bits per heavy atom. The van der Waals surface area contributed by atoms with Gasteiger partial charge in [-0.1, -0.05) is 48.6 Å². The molecule has 2 aromatic rings. The molecule has 5 atom stereocenters. The molecule has 2 bridgehead atoms. The van der Waals surface area contributed by atoms with Crippen LogP contribution in [0.25, 0.3) is 0 Å². The summed E-state index contributed by atoms with van der Waals surface area (Å²) >= 11 is 0. The standard InChI is InChI=1S/C25H24N4O5/c30-23-21-16-9-10-17(12-11-16)22(21)24(31)28(23)20(13-15-5-2-1-3-6-15)27-25(32)26-18-7-4-8-19(14-18)29(33)34/h1-10,14,16-17,20-22H,11-13H2,(H2,26,27,32). The molecule has 0 spiro atoms. The summed E-state index contributed by atoms with van der Waals surface area (Å²) in [6, 6.07) is 14.2. The van der Waals surface area contributed by atoms with Crippen LogP contribution in [-0.2, 0) is 16.0 Å². The molecule has 1 saturated carbocycles. The Kier molecular flexibility index (Phi) is 5.61. The summed E-state index contributed by atoms with van der Waals surface area (Å²) < 4.78 is 0. The Bertz CT molecular complexity index is 1150. The molecule has 9 heteroatoms. The molecule has 0 aromatic heterocycles. The number of allylic oxidation sites excluding steroid dienone is 2. The van der Waals surface area contributed by atoms with Crippen molar-refractivity contribution in [3.05, 3.63) is 82.4 Å². The van der Waals surface area contributed by atoms with Crippen molar-refractivity contribution in [1.82, 2.24) is 10.2 Å². The van der Waals surface area contributed by atoms with Gasteiger partial charge < -0.3 is 10.6 Å². The number of benzene rings is 2. The van der Waals surface area contributed by atoms with E-state index in [9.17, 15) is 24.5 Å². The quantitative estimate of drug-likeness (QED) is 0.296. The van der Waals surface area contributed by atoms with Crippen LogP contribution in [0.4, 0.5) is 16.2 Å². The van der Waals surface area contributed by atoms with Gasteiger partial charge in [-0.25, -0.2) is 4.79 Å². The maximum Gasteiger partial charge on any atom is 0.320 e. The minimum atomic E-state index is -0.883. The van der Waals surface area contributed by atoms with Crippen molar-refractivity contribution in [3.63, 3.8) is 0 Å². The summed E-state index contributed by atoms with van der Waals surface area (Å²) in [7, 11) is 0. The van der Waals surface area contributed by atoms with E-state index in [1.807, 2.05) is 30.3 Å². The largest absolute Gasteiger partial charge is 0.320 e. The van der Waals surface area contributed by atoms with Crippen molar-refractivity contribution in [2.24, 2.45) is 23.7 Å². The summed E-state index contributed by atoms with van der Waals surface area (Å²) in [5, 5.41) is 16.4. The van der Waals surface area contributed by atoms with Crippen molar-refractivity contribution in [2.45, 2.75) is 25.4 Å². The number of anilines is 1. The number of non-ortho nitro benzene ring substituents is 1. The van der Waals surface area contributed by atoms with Gasteiger partial charge in [0.25, 0.3) is 5.69 Å². The van der Waals surface area contributed by atoms with E-state index in [1.165, 1.54) is 29.2 Å². The minimum absolute atomic E-state index is 0.0486. The number of imide groups is 1. The first kappa shape index (κ1) is 21.8. The fourth-order valence-electron chi connectivity index (χ4n) is 5.46. The molecule has 1 heterocycles. The van der Waals surface area contributed by atoms with Crippen molar-refractivity contribution in [2.75, 3.05) is 5.32 Å². The van der Waals surface area contributed by atoms with Crippen LogP contribution < -0.4 is 10.6 Å². The molecular formula is C25H24N4O5. The van der Waals surface area contributed by atoms with Gasteiger partial charge in [-0.3, -0.25) is 24.6 Å². The van der Waals surface area contributed by atoms with Gasteiger partial charge in [-0.2, -0.15) is 0 Å². The van der Waals surface area contributed by atoms with Crippen LogP contribution in [0.2, 0.25) is 0 Å². The number of nitrogens with zero attached hydrogens (tertiary/aromatic N) is 2. The zero-order chi connectivity index (χ0) is 23.8. The number of nitrogens with one attached hydrogen (secondary N) is 2. The Balaban J connectivity index is 1.39. The van der Waals surface area contributed by atoms with E-state index in [2.05, 4.69) is 22.8 Å². The highest BCUT2D eigenvalue weighted by atomic mass is 16.6. The molecule has 2 fully saturated rings. The molecule has 1 aliphatic heterocycles. The number of fused-ring (bicyclic) bond motifs is 1. The van der Waals surface area contributed by atoms with Crippen LogP contribution in [-0.4, -0.2) is 33.8 Å². The van der Waals surface area contributed by atoms with Crippen LogP contribution in [0.1, 0.15) is 18.4 Å². The Morgan fingerprint density at radius 2 is 1.65 bits per heavy atom. The van der Waals surface area contributed by atoms with Gasteiger partial charge in [0.15, 0.2) is 0 Å². The Hall–Kier alpha value is -4.01. The van der Waals surface area contributed by atoms with Crippen LogP contribution in [0.3, 0.4) is 0 Å². The summed E-state index contributed by atoms with van der Waals surface area (Å²) in [6.07, 6.45) is 5.25. The number of rotatable bonds is 6. The third-order valence-corrected chi connectivity index (χ3v) is 6.99. The third kappa shape index (κ3) is 3.93. The number of nitro groups is 1. The van der Waals surface area contributed by atoms with Crippen LogP contribution in [0.15, 0.2) is 66.7 Å². The van der Waals surface area contributed by atoms with Crippen molar-refractivity contribution in [3.8, 4) is 0 Å². The van der Waals surface area contributed by atoms with E-state index >= 15 is 0 Å². The molecule has 0 radical (unpaired) electrons. The minimum Gasteiger partial charge on any atom is -0.317 e. The summed E-state index contributed by atoms with van der Waals surface area (Å²) in [5.41, 5.74) is 0.940. The molecule has 34 heavy (non-hydrogen) atoms. The lowest BCUT2D eigenvalue weighted by atomic mass is 9.63. The van der Waals surface area contributed by atoms with Gasteiger partial charge >= 0.3 is 6.03 Å². The van der Waals surface area contributed by atoms with E-state index in [1.54, 1.807) is 0 Å². The number of urea groups is 1. The molecule has 9 nitrogen and oxygen atoms in total. The second kappa shape index (κ2) is 8.74. The smallest absolute Gasteiger partial charge is 0.317 e. The van der Waals surface area contributed by atoms with Gasteiger partial charge in [0, 0.05) is 24.2 Å². The lowest BCUT2D eigenvalue weighted by molar-refractivity contribution is -0.384. The highest BCUT2D eigenvalue weighted by Crippen LogP contribution is 2.50. The van der Waals surface area contributed by atoms with Gasteiger partial charge in [0.2, 0.25) is 11.8 Å². The second-order valence-corrected chi connectivity index (χ2v) is 9.00. The average Bonchev–Trinajstić information content (AvgIpc) is 3.12. The number of carbonyl (C=O) groups is 3. The topological polar surface area (TPSA) is 122 Å². The Labute approximate surface area is 196 Å². The SMILES string of the molecule is O=C(Nc1cccc([N+](=O)[O-])c1)NC(Cc1ccccc1)N1C(=O)C2C3C=CC(CC3)C2C1=O. The lowest BCUT2D eigenvalue weighted by Crippen LogP contribution is -2.53. The first-order valence-electron chi connectivity index (χ1n) is 11.3. The molecule has 2 aromatic carbocycles. The third-order valence-electron chi connectivity index (χ3n) is 6.99. The predicted molar refractivity (Wildman–Crippen MR) is 123 cm³/mol. The number of hydrogen-bond donors (Lipinski definition) is 2. The van der Waals surface area contributed by atoms with Crippen molar-refractivity contribution < 1.29 is 19.3 Å². The van der Waals surface area contributed by atoms with E-state index in [0.29, 0.717) is 0 Å². The predicted octanol–water partition coefficient (Wildman–Crippen LogP) is 3.48. The van der Waals surface area contributed by atoms with Crippen molar-refractivity contribution >= 4 is 29.2 Å². The van der Waals surface area contributed by atoms with Gasteiger partial charge in [-0.15, -0.1) is 0 Å². The highest BCUT2D eigenvalue weighted by molar-refractivity contribution is 6.06. The molecule has 5 unspecified atom stereocenters. The molecule has 6 rings (SSSR count). The van der Waals surface area contributed by atoms with Crippen molar-refractivity contribution in [1.29, 1.82) is 0 Å². The molecule has 1 saturated heterocycles. The number of likely N-dealkylation sites (tertiary alicyclic amines) is 1. The van der Waals surface area contributed by atoms with Gasteiger partial charge in [0.05, 0.1) is 16.8 Å². The van der Waals surface area contributed by atoms with E-state index in [-0.39, 0.29) is 53.3 Å². The highest BCUT2D eigenvalue weighted by Gasteiger charge is 2.58. The molecule has 3 aliphatic carbocycles. The first-order valence-corrected chi connectivity index (χ1v) is 11.3. The fourth-order valence-corrected chi connectivity index (χ4v) is 5.46. The van der Waals surface area contributed by atoms with E-state index in [0.717, 1.165) is 18.4 Å². The van der Waals surface area contributed by atoms with E-state index in [4.69, 9.17) is 0 Å². The number of hydrogen-bond acceptors (Lipinski definition) is 5.